The summed E-state index contributed by atoms with van der Waals surface area (Å²) < 4.78 is 11.5. The molecule has 1 N–H and O–H groups in total. The number of nitrogens with one attached hydrogen (secondary N) is 1. The number of hydrogen-bond acceptors (Lipinski definition) is 3. The third-order valence-electron chi connectivity index (χ3n) is 4.18. The highest BCUT2D eigenvalue weighted by Gasteiger charge is 2.47. The zero-order chi connectivity index (χ0) is 15.2. The molecule has 1 aromatic rings. The number of nitrogens with zero attached hydrogens (tertiary/aromatic N) is 1. The summed E-state index contributed by atoms with van der Waals surface area (Å²) in [4.78, 5) is 2.07. The Balaban J connectivity index is 2.01. The molecule has 0 amide bonds. The third-order valence-corrected chi connectivity index (χ3v) is 4.74. The van der Waals surface area contributed by atoms with Gasteiger partial charge in [0.05, 0.1) is 12.6 Å². The molecule has 2 unspecified atom stereocenters. The molecule has 6 heteroatoms. The second-order valence-corrected chi connectivity index (χ2v) is 6.59. The van der Waals surface area contributed by atoms with Crippen LogP contribution in [0.4, 0.5) is 0 Å². The average Bonchev–Trinajstić information content (AvgIpc) is 2.40. The van der Waals surface area contributed by atoms with Crippen LogP contribution < -0.4 is 10.1 Å². The molecule has 0 aromatic heterocycles. The van der Waals surface area contributed by atoms with Gasteiger partial charge in [-0.1, -0.05) is 11.6 Å². The molecule has 2 atom stereocenters. The summed E-state index contributed by atoms with van der Waals surface area (Å²) in [6.45, 7) is 5.41. The van der Waals surface area contributed by atoms with Crippen molar-refractivity contribution in [1.82, 2.24) is 10.2 Å². The molecule has 2 aliphatic rings. The summed E-state index contributed by atoms with van der Waals surface area (Å²) in [5.74, 6) is 0.913. The van der Waals surface area contributed by atoms with E-state index < -0.39 is 5.72 Å². The van der Waals surface area contributed by atoms with E-state index in [1.165, 1.54) is 0 Å². The number of ether oxygens (including phenoxy) is 2. The van der Waals surface area contributed by atoms with Crippen molar-refractivity contribution >= 4 is 28.9 Å². The Kier molecular flexibility index (Phi) is 3.76. The molecule has 4 nitrogen and oxygen atoms in total. The van der Waals surface area contributed by atoms with Crippen LogP contribution in [0.2, 0.25) is 5.02 Å². The summed E-state index contributed by atoms with van der Waals surface area (Å²) in [7, 11) is 1.69. The number of fused-ring (bicyclic) bond motifs is 4. The molecular formula is C15H19ClN2O2S. The predicted octanol–water partition coefficient (Wildman–Crippen LogP) is 3.02. The van der Waals surface area contributed by atoms with Crippen LogP contribution in [-0.4, -0.2) is 36.0 Å². The van der Waals surface area contributed by atoms with E-state index in [1.54, 1.807) is 7.11 Å². The molecule has 114 valence electrons. The Morgan fingerprint density at radius 3 is 3.05 bits per heavy atom. The standard InChI is InChI=1S/C15H19ClN2O2S/c1-9-6-10(16)7-11-12-8-15(2,20-13(9)11)18(4-5-19-3)14(21)17-12/h6-7,12H,4-5,8H2,1-3H3,(H,17,21). The van der Waals surface area contributed by atoms with E-state index >= 15 is 0 Å². The summed E-state index contributed by atoms with van der Waals surface area (Å²) in [6.07, 6.45) is 0.823. The summed E-state index contributed by atoms with van der Waals surface area (Å²) in [6, 6.07) is 4.04. The lowest BCUT2D eigenvalue weighted by Gasteiger charge is -2.52. The van der Waals surface area contributed by atoms with Gasteiger partial charge in [0.1, 0.15) is 5.75 Å². The third kappa shape index (κ3) is 2.47. The molecule has 2 heterocycles. The highest BCUT2D eigenvalue weighted by molar-refractivity contribution is 7.80. The lowest BCUT2D eigenvalue weighted by molar-refractivity contribution is -0.0745. The van der Waals surface area contributed by atoms with E-state index in [0.717, 1.165) is 28.3 Å². The number of rotatable bonds is 3. The van der Waals surface area contributed by atoms with Gasteiger partial charge >= 0.3 is 0 Å². The van der Waals surface area contributed by atoms with Crippen molar-refractivity contribution in [2.45, 2.75) is 32.0 Å². The SMILES string of the molecule is COCCN1C(=S)NC2CC1(C)Oc1c(C)cc(Cl)cc12. The van der Waals surface area contributed by atoms with Crippen molar-refractivity contribution < 1.29 is 9.47 Å². The number of thiocarbonyl (C=S) groups is 1. The van der Waals surface area contributed by atoms with E-state index in [4.69, 9.17) is 33.3 Å². The molecule has 2 aliphatic heterocycles. The minimum absolute atomic E-state index is 0.141. The number of halogens is 1. The van der Waals surface area contributed by atoms with Crippen molar-refractivity contribution in [3.8, 4) is 5.75 Å². The Morgan fingerprint density at radius 1 is 1.57 bits per heavy atom. The lowest BCUT2D eigenvalue weighted by atomic mass is 9.89. The average molecular weight is 327 g/mol. The first-order chi connectivity index (χ1) is 9.94. The minimum Gasteiger partial charge on any atom is -0.467 e. The molecule has 0 spiro atoms. The fourth-order valence-corrected chi connectivity index (χ4v) is 3.87. The van der Waals surface area contributed by atoms with Gasteiger partial charge in [-0.15, -0.1) is 0 Å². The van der Waals surface area contributed by atoms with Crippen LogP contribution in [0.3, 0.4) is 0 Å². The number of benzene rings is 1. The normalized spacial score (nSPS) is 27.0. The fourth-order valence-electron chi connectivity index (χ4n) is 3.16. The first-order valence-corrected chi connectivity index (χ1v) is 7.79. The highest BCUT2D eigenvalue weighted by Crippen LogP contribution is 2.46. The smallest absolute Gasteiger partial charge is 0.184 e. The van der Waals surface area contributed by atoms with Crippen molar-refractivity contribution in [1.29, 1.82) is 0 Å². The maximum Gasteiger partial charge on any atom is 0.184 e. The van der Waals surface area contributed by atoms with E-state index in [-0.39, 0.29) is 6.04 Å². The van der Waals surface area contributed by atoms with Gasteiger partial charge < -0.3 is 19.7 Å². The van der Waals surface area contributed by atoms with Crippen molar-refractivity contribution in [3.05, 3.63) is 28.3 Å². The Hall–Kier alpha value is -1.04. The first kappa shape index (κ1) is 14.9. The molecule has 21 heavy (non-hydrogen) atoms. The highest BCUT2D eigenvalue weighted by atomic mass is 35.5. The molecule has 3 rings (SSSR count). The molecule has 2 bridgehead atoms. The van der Waals surface area contributed by atoms with Gasteiger partial charge in [-0.2, -0.15) is 0 Å². The van der Waals surface area contributed by atoms with Crippen LogP contribution in [0.15, 0.2) is 12.1 Å². The zero-order valence-corrected chi connectivity index (χ0v) is 14.0. The quantitative estimate of drug-likeness (QED) is 0.864. The minimum atomic E-state index is -0.447. The molecular weight excluding hydrogens is 308 g/mol. The van der Waals surface area contributed by atoms with E-state index in [2.05, 4.69) is 17.1 Å². The van der Waals surface area contributed by atoms with E-state index in [0.29, 0.717) is 18.3 Å². The summed E-state index contributed by atoms with van der Waals surface area (Å²) in [5.41, 5.74) is 1.69. The van der Waals surface area contributed by atoms with Gasteiger partial charge in [-0.05, 0) is 43.8 Å². The summed E-state index contributed by atoms with van der Waals surface area (Å²) in [5, 5.41) is 4.84. The van der Waals surface area contributed by atoms with Crippen molar-refractivity contribution in [3.63, 3.8) is 0 Å². The predicted molar refractivity (Wildman–Crippen MR) is 86.9 cm³/mol. The second kappa shape index (κ2) is 5.30. The molecule has 0 radical (unpaired) electrons. The van der Waals surface area contributed by atoms with Crippen LogP contribution in [-0.2, 0) is 4.74 Å². The van der Waals surface area contributed by atoms with Crippen LogP contribution in [0.5, 0.6) is 5.75 Å². The zero-order valence-electron chi connectivity index (χ0n) is 12.4. The van der Waals surface area contributed by atoms with Gasteiger partial charge in [-0.3, -0.25) is 0 Å². The van der Waals surface area contributed by atoms with Crippen LogP contribution in [0, 0.1) is 6.92 Å². The number of hydrogen-bond donors (Lipinski definition) is 1. The van der Waals surface area contributed by atoms with Gasteiger partial charge in [0.25, 0.3) is 0 Å². The van der Waals surface area contributed by atoms with Crippen LogP contribution in [0.1, 0.15) is 30.5 Å². The number of aryl methyl sites for hydroxylation is 1. The van der Waals surface area contributed by atoms with Gasteiger partial charge in [0.15, 0.2) is 10.8 Å². The molecule has 0 saturated carbocycles. The van der Waals surface area contributed by atoms with E-state index in [9.17, 15) is 0 Å². The Morgan fingerprint density at radius 2 is 2.33 bits per heavy atom. The Labute approximate surface area is 135 Å². The first-order valence-electron chi connectivity index (χ1n) is 7.01. The molecule has 1 fully saturated rings. The topological polar surface area (TPSA) is 33.7 Å². The van der Waals surface area contributed by atoms with Crippen LogP contribution in [0.25, 0.3) is 0 Å². The van der Waals surface area contributed by atoms with Crippen molar-refractivity contribution in [2.24, 2.45) is 0 Å². The lowest BCUT2D eigenvalue weighted by Crippen LogP contribution is -2.65. The van der Waals surface area contributed by atoms with Gasteiger partial charge in [-0.25, -0.2) is 0 Å². The fraction of sp³-hybridized carbons (Fsp3) is 0.533. The van der Waals surface area contributed by atoms with Gasteiger partial charge in [0.2, 0.25) is 0 Å². The number of methoxy groups -OCH3 is 1. The summed E-state index contributed by atoms with van der Waals surface area (Å²) >= 11 is 11.7. The maximum atomic E-state index is 6.34. The molecule has 1 saturated heterocycles. The van der Waals surface area contributed by atoms with Crippen LogP contribution >= 0.6 is 23.8 Å². The van der Waals surface area contributed by atoms with Crippen molar-refractivity contribution in [2.75, 3.05) is 20.3 Å². The molecule has 1 aromatic carbocycles. The van der Waals surface area contributed by atoms with E-state index in [1.807, 2.05) is 19.1 Å². The molecule has 0 aliphatic carbocycles. The maximum absolute atomic E-state index is 6.34. The Bertz CT molecular complexity index is 595. The second-order valence-electron chi connectivity index (χ2n) is 5.77. The largest absolute Gasteiger partial charge is 0.467 e. The van der Waals surface area contributed by atoms with Gasteiger partial charge in [0, 0.05) is 30.7 Å². The monoisotopic (exact) mass is 326 g/mol.